The van der Waals surface area contributed by atoms with Gasteiger partial charge < -0.3 is 5.11 Å². The first kappa shape index (κ1) is 18.0. The number of alkyl halides is 3. The van der Waals surface area contributed by atoms with Crippen molar-refractivity contribution in [2.45, 2.75) is 64.1 Å². The largest absolute Gasteiger partial charge is 0.418 e. The highest BCUT2D eigenvalue weighted by molar-refractivity contribution is 5.93. The summed E-state index contributed by atoms with van der Waals surface area (Å²) in [4.78, 5) is 11.8. The fourth-order valence-electron chi connectivity index (χ4n) is 6.32. The van der Waals surface area contributed by atoms with Crippen molar-refractivity contribution in [3.63, 3.8) is 0 Å². The van der Waals surface area contributed by atoms with Crippen molar-refractivity contribution in [3.05, 3.63) is 34.9 Å². The molecule has 0 aliphatic heterocycles. The first-order chi connectivity index (χ1) is 12.1. The maximum Gasteiger partial charge on any atom is 0.418 e. The molecule has 142 valence electrons. The lowest BCUT2D eigenvalue weighted by molar-refractivity contribution is -0.291. The molecule has 0 bridgehead atoms. The SMILES string of the molecule is CCC12C=CC3=C4CCC(=O)C=C4C[C@@H](C)[C@H]3[C@@H]1CC[C@@]2(O)C(F)(F)F. The number of fused-ring (bicyclic) bond motifs is 4. The third-order valence-corrected chi connectivity index (χ3v) is 7.50. The topological polar surface area (TPSA) is 37.3 Å². The number of hydrogen-bond acceptors (Lipinski definition) is 2. The number of rotatable bonds is 1. The number of aliphatic hydroxyl groups is 1. The van der Waals surface area contributed by atoms with Gasteiger partial charge in [-0.15, -0.1) is 0 Å². The zero-order valence-electron chi connectivity index (χ0n) is 15.2. The number of allylic oxidation sites excluding steroid dienone is 5. The van der Waals surface area contributed by atoms with Crippen LogP contribution in [0.3, 0.4) is 0 Å². The normalized spacial score (nSPS) is 42.3. The van der Waals surface area contributed by atoms with Gasteiger partial charge in [-0.25, -0.2) is 0 Å². The third kappa shape index (κ3) is 2.12. The van der Waals surface area contributed by atoms with Gasteiger partial charge in [-0.1, -0.05) is 26.0 Å². The molecule has 1 fully saturated rings. The lowest BCUT2D eigenvalue weighted by Crippen LogP contribution is -2.58. The van der Waals surface area contributed by atoms with Gasteiger partial charge in [-0.05, 0) is 72.7 Å². The third-order valence-electron chi connectivity index (χ3n) is 7.50. The van der Waals surface area contributed by atoms with E-state index in [4.69, 9.17) is 0 Å². The predicted octanol–water partition coefficient (Wildman–Crippen LogP) is 4.90. The average Bonchev–Trinajstić information content (AvgIpc) is 2.89. The zero-order valence-corrected chi connectivity index (χ0v) is 15.2. The molecule has 1 N–H and O–H groups in total. The molecule has 0 saturated heterocycles. The Labute approximate surface area is 151 Å². The molecule has 26 heavy (non-hydrogen) atoms. The number of halogens is 3. The Kier molecular flexibility index (Phi) is 3.86. The van der Waals surface area contributed by atoms with E-state index >= 15 is 0 Å². The molecule has 0 aromatic carbocycles. The van der Waals surface area contributed by atoms with Crippen LogP contribution in [0.4, 0.5) is 13.2 Å². The lowest BCUT2D eigenvalue weighted by atomic mass is 9.54. The van der Waals surface area contributed by atoms with E-state index in [0.29, 0.717) is 19.3 Å². The van der Waals surface area contributed by atoms with E-state index in [1.165, 1.54) is 0 Å². The molecular weight excluding hydrogens is 341 g/mol. The van der Waals surface area contributed by atoms with Gasteiger partial charge in [0.15, 0.2) is 11.4 Å². The first-order valence-electron chi connectivity index (χ1n) is 9.60. The highest BCUT2D eigenvalue weighted by atomic mass is 19.4. The molecule has 2 nitrogen and oxygen atoms in total. The van der Waals surface area contributed by atoms with Crippen LogP contribution in [0.25, 0.3) is 0 Å². The molecule has 0 radical (unpaired) electrons. The van der Waals surface area contributed by atoms with Gasteiger partial charge in [0.05, 0.1) is 0 Å². The van der Waals surface area contributed by atoms with Crippen LogP contribution in [-0.4, -0.2) is 22.7 Å². The Balaban J connectivity index is 1.88. The monoisotopic (exact) mass is 366 g/mol. The second-order valence-electron chi connectivity index (χ2n) is 8.51. The number of ketones is 1. The molecular formula is C21H25F3O2. The molecule has 0 aromatic rings. The summed E-state index contributed by atoms with van der Waals surface area (Å²) in [6.45, 7) is 3.83. The van der Waals surface area contributed by atoms with Crippen molar-refractivity contribution in [1.29, 1.82) is 0 Å². The molecule has 1 unspecified atom stereocenters. The number of carbonyl (C=O) groups excluding carboxylic acids is 1. The molecule has 5 atom stereocenters. The predicted molar refractivity (Wildman–Crippen MR) is 92.2 cm³/mol. The Bertz CT molecular complexity index is 745. The van der Waals surface area contributed by atoms with Crippen LogP contribution in [0.5, 0.6) is 0 Å². The quantitative estimate of drug-likeness (QED) is 0.717. The van der Waals surface area contributed by atoms with Crippen molar-refractivity contribution >= 4 is 5.78 Å². The Morgan fingerprint density at radius 3 is 2.69 bits per heavy atom. The van der Waals surface area contributed by atoms with Crippen LogP contribution in [0.2, 0.25) is 0 Å². The minimum atomic E-state index is -4.63. The molecule has 4 aliphatic rings. The van der Waals surface area contributed by atoms with Gasteiger partial charge in [-0.3, -0.25) is 4.79 Å². The highest BCUT2D eigenvalue weighted by Crippen LogP contribution is 2.66. The summed E-state index contributed by atoms with van der Waals surface area (Å²) in [5, 5.41) is 10.8. The van der Waals surface area contributed by atoms with Gasteiger partial charge in [0.25, 0.3) is 0 Å². The molecule has 1 saturated carbocycles. The molecule has 4 aliphatic carbocycles. The maximum atomic E-state index is 13.8. The van der Waals surface area contributed by atoms with E-state index < -0.39 is 17.2 Å². The molecule has 0 heterocycles. The van der Waals surface area contributed by atoms with E-state index in [-0.39, 0.29) is 36.4 Å². The van der Waals surface area contributed by atoms with E-state index in [1.54, 1.807) is 19.1 Å². The van der Waals surface area contributed by atoms with Gasteiger partial charge in [0.1, 0.15) is 0 Å². The number of hydrogen-bond donors (Lipinski definition) is 1. The van der Waals surface area contributed by atoms with Crippen molar-refractivity contribution in [3.8, 4) is 0 Å². The molecule has 5 heteroatoms. The Hall–Kier alpha value is -1.36. The molecule has 0 aromatic heterocycles. The van der Waals surface area contributed by atoms with Crippen LogP contribution < -0.4 is 0 Å². The average molecular weight is 366 g/mol. The summed E-state index contributed by atoms with van der Waals surface area (Å²) < 4.78 is 41.5. The summed E-state index contributed by atoms with van der Waals surface area (Å²) in [7, 11) is 0. The fourth-order valence-corrected chi connectivity index (χ4v) is 6.32. The lowest BCUT2D eigenvalue weighted by Gasteiger charge is -2.52. The Morgan fingerprint density at radius 1 is 1.31 bits per heavy atom. The van der Waals surface area contributed by atoms with Crippen molar-refractivity contribution in [2.75, 3.05) is 0 Å². The summed E-state index contributed by atoms with van der Waals surface area (Å²) in [5.41, 5.74) is -0.554. The minimum absolute atomic E-state index is 0.0247. The first-order valence-corrected chi connectivity index (χ1v) is 9.60. The van der Waals surface area contributed by atoms with Gasteiger partial charge in [-0.2, -0.15) is 13.2 Å². The highest BCUT2D eigenvalue weighted by Gasteiger charge is 2.71. The summed E-state index contributed by atoms with van der Waals surface area (Å²) in [6.07, 6.45) is 2.94. The van der Waals surface area contributed by atoms with E-state index in [1.807, 2.05) is 6.08 Å². The van der Waals surface area contributed by atoms with E-state index in [0.717, 1.165) is 23.1 Å². The maximum absolute atomic E-state index is 13.8. The van der Waals surface area contributed by atoms with Crippen LogP contribution in [0, 0.1) is 23.2 Å². The second-order valence-corrected chi connectivity index (χ2v) is 8.51. The Morgan fingerprint density at radius 2 is 2.04 bits per heavy atom. The molecule has 0 amide bonds. The second kappa shape index (κ2) is 5.57. The van der Waals surface area contributed by atoms with E-state index in [9.17, 15) is 23.1 Å². The van der Waals surface area contributed by atoms with Crippen molar-refractivity contribution < 1.29 is 23.1 Å². The van der Waals surface area contributed by atoms with Crippen LogP contribution in [-0.2, 0) is 4.79 Å². The van der Waals surface area contributed by atoms with Crippen LogP contribution >= 0.6 is 0 Å². The van der Waals surface area contributed by atoms with Crippen LogP contribution in [0.15, 0.2) is 34.9 Å². The smallest absolute Gasteiger partial charge is 0.380 e. The van der Waals surface area contributed by atoms with E-state index in [2.05, 4.69) is 6.92 Å². The summed E-state index contributed by atoms with van der Waals surface area (Å²) in [6, 6.07) is 0. The van der Waals surface area contributed by atoms with Gasteiger partial charge in [0.2, 0.25) is 0 Å². The molecule has 4 rings (SSSR count). The standard InChI is InChI=1S/C21H25F3O2/c1-3-19-8-6-16-15-5-4-14(25)11-13(15)10-12(2)18(16)17(19)7-9-20(19,26)21(22,23)24/h6,8,11-12,17-18,26H,3-5,7,9-10H2,1-2H3/t12-,17+,18-,19?,20+/m1/s1. The fraction of sp³-hybridized carbons (Fsp3) is 0.667. The minimum Gasteiger partial charge on any atom is -0.380 e. The van der Waals surface area contributed by atoms with Crippen molar-refractivity contribution in [1.82, 2.24) is 0 Å². The van der Waals surface area contributed by atoms with Gasteiger partial charge >= 0.3 is 6.18 Å². The molecule has 0 spiro atoms. The van der Waals surface area contributed by atoms with Crippen LogP contribution in [0.1, 0.15) is 52.4 Å². The summed E-state index contributed by atoms with van der Waals surface area (Å²) in [5.74, 6) is 0.129. The summed E-state index contributed by atoms with van der Waals surface area (Å²) >= 11 is 0. The van der Waals surface area contributed by atoms with Crippen molar-refractivity contribution in [2.24, 2.45) is 23.2 Å². The number of carbonyl (C=O) groups is 1. The van der Waals surface area contributed by atoms with Gasteiger partial charge in [0, 0.05) is 11.8 Å². The zero-order chi connectivity index (χ0) is 18.9.